The van der Waals surface area contributed by atoms with Gasteiger partial charge in [-0.3, -0.25) is 9.59 Å². The number of anilines is 1. The molecule has 26 heavy (non-hydrogen) atoms. The molecule has 0 atom stereocenters. The zero-order chi connectivity index (χ0) is 18.0. The fourth-order valence-electron chi connectivity index (χ4n) is 2.59. The number of carbonyl (C=O) groups is 2. The zero-order valence-corrected chi connectivity index (χ0v) is 17.1. The second-order valence-corrected chi connectivity index (χ2v) is 6.87. The van der Waals surface area contributed by atoms with Gasteiger partial charge in [0.25, 0.3) is 11.8 Å². The molecular formula is C16H18BrCl2N5O2. The van der Waals surface area contributed by atoms with Gasteiger partial charge >= 0.3 is 0 Å². The van der Waals surface area contributed by atoms with Crippen LogP contribution in [0.2, 0.25) is 5.02 Å². The van der Waals surface area contributed by atoms with E-state index in [2.05, 4.69) is 31.5 Å². The highest BCUT2D eigenvalue weighted by atomic mass is 79.9. The monoisotopic (exact) mass is 461 g/mol. The largest absolute Gasteiger partial charge is 0.336 e. The molecule has 2 amide bonds. The van der Waals surface area contributed by atoms with Gasteiger partial charge in [-0.05, 0) is 34.1 Å². The number of amides is 2. The van der Waals surface area contributed by atoms with Gasteiger partial charge in [-0.25, -0.2) is 4.98 Å². The van der Waals surface area contributed by atoms with Crippen molar-refractivity contribution >= 4 is 57.4 Å². The Balaban J connectivity index is 0.00000243. The third kappa shape index (κ3) is 4.37. The first-order valence-corrected chi connectivity index (χ1v) is 8.92. The highest BCUT2D eigenvalue weighted by Crippen LogP contribution is 2.23. The summed E-state index contributed by atoms with van der Waals surface area (Å²) in [5.74, 6) is -0.188. The van der Waals surface area contributed by atoms with E-state index in [1.165, 1.54) is 0 Å². The molecule has 2 heterocycles. The third-order valence-electron chi connectivity index (χ3n) is 4.00. The lowest BCUT2D eigenvalue weighted by Gasteiger charge is -2.27. The highest BCUT2D eigenvalue weighted by Gasteiger charge is 2.21. The molecule has 1 aliphatic rings. The van der Waals surface area contributed by atoms with E-state index in [-0.39, 0.29) is 30.0 Å². The lowest BCUT2D eigenvalue weighted by molar-refractivity contribution is 0.0736. The minimum Gasteiger partial charge on any atom is -0.336 e. The average molecular weight is 463 g/mol. The van der Waals surface area contributed by atoms with Crippen LogP contribution in [0.25, 0.3) is 0 Å². The maximum atomic E-state index is 12.5. The van der Waals surface area contributed by atoms with Crippen molar-refractivity contribution < 1.29 is 9.59 Å². The molecule has 0 aliphatic carbocycles. The maximum absolute atomic E-state index is 12.5. The van der Waals surface area contributed by atoms with Crippen molar-refractivity contribution in [2.24, 2.45) is 7.05 Å². The molecule has 2 N–H and O–H groups in total. The van der Waals surface area contributed by atoms with Gasteiger partial charge in [-0.15, -0.1) is 12.4 Å². The molecule has 0 unspecified atom stereocenters. The SMILES string of the molecule is Cl.Cn1c(Br)cnc1C(=O)Nc1ccc(C(=O)N2CCNCC2)c(Cl)c1. The molecule has 7 nitrogen and oxygen atoms in total. The van der Waals surface area contributed by atoms with E-state index >= 15 is 0 Å². The fourth-order valence-corrected chi connectivity index (χ4v) is 3.12. The highest BCUT2D eigenvalue weighted by molar-refractivity contribution is 9.10. The minimum absolute atomic E-state index is 0. The number of hydrogen-bond donors (Lipinski definition) is 2. The fraction of sp³-hybridized carbons (Fsp3) is 0.312. The van der Waals surface area contributed by atoms with Crippen LogP contribution in [0.15, 0.2) is 29.0 Å². The molecule has 0 spiro atoms. The summed E-state index contributed by atoms with van der Waals surface area (Å²) in [6.07, 6.45) is 1.55. The summed E-state index contributed by atoms with van der Waals surface area (Å²) < 4.78 is 2.33. The van der Waals surface area contributed by atoms with Crippen LogP contribution in [0.1, 0.15) is 21.0 Å². The normalized spacial score (nSPS) is 13.9. The Hall–Kier alpha value is -1.61. The van der Waals surface area contributed by atoms with Crippen LogP contribution in [0.5, 0.6) is 0 Å². The van der Waals surface area contributed by atoms with Crippen molar-refractivity contribution in [1.82, 2.24) is 19.8 Å². The molecule has 1 aromatic heterocycles. The summed E-state index contributed by atoms with van der Waals surface area (Å²) >= 11 is 9.56. The number of carbonyl (C=O) groups excluding carboxylic acids is 2. The lowest BCUT2D eigenvalue weighted by Crippen LogP contribution is -2.46. The number of imidazole rings is 1. The molecule has 0 bridgehead atoms. The summed E-state index contributed by atoms with van der Waals surface area (Å²) in [5.41, 5.74) is 0.937. The number of nitrogens with zero attached hydrogens (tertiary/aromatic N) is 3. The zero-order valence-electron chi connectivity index (χ0n) is 14.0. The maximum Gasteiger partial charge on any atom is 0.291 e. The first-order valence-electron chi connectivity index (χ1n) is 7.75. The molecule has 2 aromatic rings. The van der Waals surface area contributed by atoms with E-state index in [1.807, 2.05) is 0 Å². The van der Waals surface area contributed by atoms with E-state index in [1.54, 1.807) is 40.9 Å². The number of aromatic nitrogens is 2. The quantitative estimate of drug-likeness (QED) is 0.734. The number of nitrogens with one attached hydrogen (secondary N) is 2. The Bertz CT molecular complexity index is 821. The summed E-state index contributed by atoms with van der Waals surface area (Å²) in [7, 11) is 1.73. The van der Waals surface area contributed by atoms with Crippen LogP contribution in [-0.4, -0.2) is 52.4 Å². The number of halogens is 3. The van der Waals surface area contributed by atoms with Gasteiger partial charge in [0.1, 0.15) is 4.60 Å². The van der Waals surface area contributed by atoms with Crippen LogP contribution in [-0.2, 0) is 7.05 Å². The Morgan fingerprint density at radius 2 is 2.00 bits per heavy atom. The number of hydrogen-bond acceptors (Lipinski definition) is 4. The van der Waals surface area contributed by atoms with Crippen molar-refractivity contribution in [1.29, 1.82) is 0 Å². The first kappa shape index (κ1) is 20.7. The smallest absolute Gasteiger partial charge is 0.291 e. The average Bonchev–Trinajstić information content (AvgIpc) is 2.94. The molecule has 1 saturated heterocycles. The van der Waals surface area contributed by atoms with Crippen molar-refractivity contribution in [3.05, 3.63) is 45.4 Å². The van der Waals surface area contributed by atoms with Crippen LogP contribution in [0, 0.1) is 0 Å². The standard InChI is InChI=1S/C16H17BrClN5O2.ClH/c1-22-13(17)9-20-14(22)15(24)21-10-2-3-11(12(18)8-10)16(25)23-6-4-19-5-7-23;/h2-3,8-9,19H,4-7H2,1H3,(H,21,24);1H. The summed E-state index contributed by atoms with van der Waals surface area (Å²) in [6.45, 7) is 2.86. The third-order valence-corrected chi connectivity index (χ3v) is 5.05. The second kappa shape index (κ2) is 8.85. The molecule has 0 saturated carbocycles. The van der Waals surface area contributed by atoms with Gasteiger partial charge in [0.05, 0.1) is 16.8 Å². The molecule has 3 rings (SSSR count). The van der Waals surface area contributed by atoms with E-state index in [9.17, 15) is 9.59 Å². The summed E-state index contributed by atoms with van der Waals surface area (Å²) in [6, 6.07) is 4.88. The van der Waals surface area contributed by atoms with Crippen molar-refractivity contribution in [2.45, 2.75) is 0 Å². The van der Waals surface area contributed by atoms with Crippen molar-refractivity contribution in [3.63, 3.8) is 0 Å². The molecule has 0 radical (unpaired) electrons. The first-order chi connectivity index (χ1) is 12.0. The van der Waals surface area contributed by atoms with E-state index in [0.717, 1.165) is 13.1 Å². The lowest BCUT2D eigenvalue weighted by atomic mass is 10.1. The Kier molecular flexibility index (Phi) is 7.05. The predicted molar refractivity (Wildman–Crippen MR) is 106 cm³/mol. The number of piperazine rings is 1. The van der Waals surface area contributed by atoms with Crippen molar-refractivity contribution in [2.75, 3.05) is 31.5 Å². The van der Waals surface area contributed by atoms with Crippen LogP contribution < -0.4 is 10.6 Å². The molecule has 1 aliphatic heterocycles. The van der Waals surface area contributed by atoms with Gasteiger partial charge in [0.2, 0.25) is 0 Å². The van der Waals surface area contributed by atoms with Crippen LogP contribution in [0.4, 0.5) is 5.69 Å². The Labute approximate surface area is 170 Å². The number of rotatable bonds is 3. The Morgan fingerprint density at radius 3 is 2.58 bits per heavy atom. The van der Waals surface area contributed by atoms with E-state index in [0.29, 0.717) is 34.0 Å². The second-order valence-electron chi connectivity index (χ2n) is 5.65. The van der Waals surface area contributed by atoms with Gasteiger partial charge < -0.3 is 20.1 Å². The predicted octanol–water partition coefficient (Wildman–Crippen LogP) is 2.56. The van der Waals surface area contributed by atoms with Gasteiger partial charge in [-0.1, -0.05) is 11.6 Å². The molecule has 10 heteroatoms. The van der Waals surface area contributed by atoms with Crippen molar-refractivity contribution in [3.8, 4) is 0 Å². The summed E-state index contributed by atoms with van der Waals surface area (Å²) in [5, 5.41) is 6.25. The van der Waals surface area contributed by atoms with Crippen LogP contribution >= 0.6 is 39.9 Å². The minimum atomic E-state index is -0.356. The Morgan fingerprint density at radius 1 is 1.31 bits per heavy atom. The van der Waals surface area contributed by atoms with E-state index in [4.69, 9.17) is 11.6 Å². The summed E-state index contributed by atoms with van der Waals surface area (Å²) in [4.78, 5) is 30.6. The topological polar surface area (TPSA) is 79.3 Å². The molecule has 140 valence electrons. The van der Waals surface area contributed by atoms with Crippen LogP contribution in [0.3, 0.4) is 0 Å². The molecular weight excluding hydrogens is 445 g/mol. The van der Waals surface area contributed by atoms with Gasteiger partial charge in [0, 0.05) is 38.9 Å². The van der Waals surface area contributed by atoms with Gasteiger partial charge in [-0.2, -0.15) is 0 Å². The molecule has 1 fully saturated rings. The van der Waals surface area contributed by atoms with E-state index < -0.39 is 0 Å². The number of benzene rings is 1. The molecule has 1 aromatic carbocycles. The van der Waals surface area contributed by atoms with Gasteiger partial charge in [0.15, 0.2) is 5.82 Å².